The summed E-state index contributed by atoms with van der Waals surface area (Å²) in [5.41, 5.74) is 7.71. The molecule has 0 unspecified atom stereocenters. The quantitative estimate of drug-likeness (QED) is 0.875. The van der Waals surface area contributed by atoms with E-state index in [0.29, 0.717) is 29.5 Å². The Morgan fingerprint density at radius 3 is 2.80 bits per heavy atom. The van der Waals surface area contributed by atoms with Gasteiger partial charge in [-0.3, -0.25) is 4.79 Å². The number of carbonyl (C=O) groups is 1. The number of nitrogen functional groups attached to an aromatic ring is 1. The van der Waals surface area contributed by atoms with E-state index in [9.17, 15) is 4.79 Å². The molecule has 2 aromatic rings. The monoisotopic (exact) mass is 272 g/mol. The van der Waals surface area contributed by atoms with Gasteiger partial charge in [0.1, 0.15) is 5.82 Å². The van der Waals surface area contributed by atoms with E-state index >= 15 is 0 Å². The van der Waals surface area contributed by atoms with E-state index in [1.165, 1.54) is 0 Å². The summed E-state index contributed by atoms with van der Waals surface area (Å²) in [6, 6.07) is 6.83. The third-order valence-corrected chi connectivity index (χ3v) is 2.70. The van der Waals surface area contributed by atoms with Gasteiger partial charge in [0, 0.05) is 30.1 Å². The lowest BCUT2D eigenvalue weighted by molar-refractivity contribution is 0.0950. The van der Waals surface area contributed by atoms with Gasteiger partial charge in [-0.15, -0.1) is 0 Å². The molecule has 0 bridgehead atoms. The van der Waals surface area contributed by atoms with Crippen LogP contribution < -0.4 is 15.8 Å². The van der Waals surface area contributed by atoms with Gasteiger partial charge in [0.05, 0.1) is 7.11 Å². The standard InChI is InChI=1S/C14H16N4O2/c1-9-5-11(6-12(15)18-9)14(19)17-8-10-3-4-13(20-2)16-7-10/h3-7H,8H2,1-2H3,(H2,15,18)(H,17,19). The molecule has 0 aliphatic rings. The summed E-state index contributed by atoms with van der Waals surface area (Å²) in [5, 5.41) is 2.80. The third kappa shape index (κ3) is 3.44. The highest BCUT2D eigenvalue weighted by atomic mass is 16.5. The lowest BCUT2D eigenvalue weighted by atomic mass is 10.2. The number of amides is 1. The van der Waals surface area contributed by atoms with Crippen LogP contribution >= 0.6 is 0 Å². The number of pyridine rings is 2. The second-order valence-electron chi connectivity index (χ2n) is 4.31. The largest absolute Gasteiger partial charge is 0.481 e. The van der Waals surface area contributed by atoms with Crippen LogP contribution in [0.15, 0.2) is 30.5 Å². The second-order valence-corrected chi connectivity index (χ2v) is 4.31. The van der Waals surface area contributed by atoms with Crippen molar-refractivity contribution in [3.05, 3.63) is 47.3 Å². The topological polar surface area (TPSA) is 90.1 Å². The Bertz CT molecular complexity index is 591. The van der Waals surface area contributed by atoms with E-state index in [0.717, 1.165) is 5.56 Å². The second kappa shape index (κ2) is 6.01. The molecule has 20 heavy (non-hydrogen) atoms. The Hall–Kier alpha value is -2.63. The SMILES string of the molecule is COc1ccc(CNC(=O)c2cc(C)nc(N)c2)cn1. The molecule has 0 fully saturated rings. The van der Waals surface area contributed by atoms with Crippen LogP contribution in [0.1, 0.15) is 21.6 Å². The van der Waals surface area contributed by atoms with E-state index in [-0.39, 0.29) is 5.91 Å². The minimum Gasteiger partial charge on any atom is -0.481 e. The fourth-order valence-corrected chi connectivity index (χ4v) is 1.75. The minimum absolute atomic E-state index is 0.196. The average molecular weight is 272 g/mol. The molecule has 6 nitrogen and oxygen atoms in total. The van der Waals surface area contributed by atoms with Crippen molar-refractivity contribution < 1.29 is 9.53 Å². The molecular weight excluding hydrogens is 256 g/mol. The number of nitrogens with zero attached hydrogens (tertiary/aromatic N) is 2. The number of methoxy groups -OCH3 is 1. The number of ether oxygens (including phenoxy) is 1. The molecule has 0 saturated carbocycles. The lowest BCUT2D eigenvalue weighted by Gasteiger charge is -2.07. The van der Waals surface area contributed by atoms with Crippen molar-refractivity contribution in [3.8, 4) is 5.88 Å². The highest BCUT2D eigenvalue weighted by molar-refractivity contribution is 5.94. The van der Waals surface area contributed by atoms with Gasteiger partial charge in [0.15, 0.2) is 0 Å². The van der Waals surface area contributed by atoms with Crippen molar-refractivity contribution in [3.63, 3.8) is 0 Å². The van der Waals surface area contributed by atoms with Gasteiger partial charge >= 0.3 is 0 Å². The molecule has 0 atom stereocenters. The minimum atomic E-state index is -0.196. The summed E-state index contributed by atoms with van der Waals surface area (Å²) in [5.74, 6) is 0.678. The molecule has 0 aromatic carbocycles. The first-order valence-corrected chi connectivity index (χ1v) is 6.10. The molecule has 0 saturated heterocycles. The lowest BCUT2D eigenvalue weighted by Crippen LogP contribution is -2.23. The van der Waals surface area contributed by atoms with Crippen LogP contribution in [-0.2, 0) is 6.54 Å². The molecule has 2 rings (SSSR count). The van der Waals surface area contributed by atoms with Crippen LogP contribution in [0.5, 0.6) is 5.88 Å². The summed E-state index contributed by atoms with van der Waals surface area (Å²) in [4.78, 5) is 20.1. The summed E-state index contributed by atoms with van der Waals surface area (Å²) < 4.78 is 4.97. The molecule has 3 N–H and O–H groups in total. The zero-order valence-corrected chi connectivity index (χ0v) is 11.4. The number of nitrogens with one attached hydrogen (secondary N) is 1. The average Bonchev–Trinajstić information content (AvgIpc) is 2.44. The van der Waals surface area contributed by atoms with E-state index in [1.807, 2.05) is 6.07 Å². The molecule has 104 valence electrons. The fourth-order valence-electron chi connectivity index (χ4n) is 1.75. The Kier molecular flexibility index (Phi) is 4.14. The van der Waals surface area contributed by atoms with Gasteiger partial charge in [0.2, 0.25) is 5.88 Å². The van der Waals surface area contributed by atoms with Gasteiger partial charge in [-0.25, -0.2) is 9.97 Å². The maximum atomic E-state index is 12.0. The zero-order chi connectivity index (χ0) is 14.5. The van der Waals surface area contributed by atoms with Crippen molar-refractivity contribution in [2.45, 2.75) is 13.5 Å². The zero-order valence-electron chi connectivity index (χ0n) is 11.4. The van der Waals surface area contributed by atoms with E-state index in [4.69, 9.17) is 10.5 Å². The van der Waals surface area contributed by atoms with Gasteiger partial charge < -0.3 is 15.8 Å². The van der Waals surface area contributed by atoms with Crippen LogP contribution in [0.4, 0.5) is 5.82 Å². The predicted molar refractivity (Wildman–Crippen MR) is 75.3 cm³/mol. The normalized spacial score (nSPS) is 10.1. The summed E-state index contributed by atoms with van der Waals surface area (Å²) >= 11 is 0. The molecule has 0 aliphatic carbocycles. The highest BCUT2D eigenvalue weighted by Gasteiger charge is 2.07. The van der Waals surface area contributed by atoms with Gasteiger partial charge in [-0.2, -0.15) is 0 Å². The number of hydrogen-bond donors (Lipinski definition) is 2. The molecule has 0 spiro atoms. The van der Waals surface area contributed by atoms with Crippen LogP contribution in [0.25, 0.3) is 0 Å². The smallest absolute Gasteiger partial charge is 0.251 e. The van der Waals surface area contributed by atoms with Gasteiger partial charge in [-0.05, 0) is 24.6 Å². The summed E-state index contributed by atoms with van der Waals surface area (Å²) in [6.45, 7) is 2.18. The van der Waals surface area contributed by atoms with Gasteiger partial charge in [0.25, 0.3) is 5.91 Å². The molecule has 2 aromatic heterocycles. The Morgan fingerprint density at radius 1 is 1.40 bits per heavy atom. The van der Waals surface area contributed by atoms with Gasteiger partial charge in [-0.1, -0.05) is 6.07 Å². The number of aryl methyl sites for hydroxylation is 1. The molecule has 0 radical (unpaired) electrons. The first-order valence-electron chi connectivity index (χ1n) is 6.10. The van der Waals surface area contributed by atoms with E-state index in [2.05, 4.69) is 15.3 Å². The Morgan fingerprint density at radius 2 is 2.20 bits per heavy atom. The summed E-state index contributed by atoms with van der Waals surface area (Å²) in [7, 11) is 1.56. The predicted octanol–water partition coefficient (Wildman–Crippen LogP) is 1.31. The number of carbonyl (C=O) groups excluding carboxylic acids is 1. The van der Waals surface area contributed by atoms with Crippen molar-refractivity contribution in [2.75, 3.05) is 12.8 Å². The number of hydrogen-bond acceptors (Lipinski definition) is 5. The molecular formula is C14H16N4O2. The van der Waals surface area contributed by atoms with Crippen molar-refractivity contribution in [2.24, 2.45) is 0 Å². The highest BCUT2D eigenvalue weighted by Crippen LogP contribution is 2.09. The number of nitrogens with two attached hydrogens (primary N) is 1. The third-order valence-electron chi connectivity index (χ3n) is 2.70. The Balaban J connectivity index is 2.00. The van der Waals surface area contributed by atoms with Crippen molar-refractivity contribution in [1.29, 1.82) is 0 Å². The first kappa shape index (κ1) is 13.8. The number of rotatable bonds is 4. The molecule has 0 aliphatic heterocycles. The first-order chi connectivity index (χ1) is 9.58. The van der Waals surface area contributed by atoms with Crippen molar-refractivity contribution in [1.82, 2.24) is 15.3 Å². The van der Waals surface area contributed by atoms with Crippen LogP contribution in [-0.4, -0.2) is 23.0 Å². The maximum absolute atomic E-state index is 12.0. The fraction of sp³-hybridized carbons (Fsp3) is 0.214. The van der Waals surface area contributed by atoms with Crippen LogP contribution in [0.3, 0.4) is 0 Å². The Labute approximate surface area is 117 Å². The van der Waals surface area contributed by atoms with E-state index in [1.54, 1.807) is 38.4 Å². The number of anilines is 1. The van der Waals surface area contributed by atoms with Crippen LogP contribution in [0.2, 0.25) is 0 Å². The van der Waals surface area contributed by atoms with Crippen molar-refractivity contribution >= 4 is 11.7 Å². The van der Waals surface area contributed by atoms with E-state index < -0.39 is 0 Å². The summed E-state index contributed by atoms with van der Waals surface area (Å²) in [6.07, 6.45) is 1.66. The van der Waals surface area contributed by atoms with Crippen LogP contribution in [0, 0.1) is 6.92 Å². The maximum Gasteiger partial charge on any atom is 0.251 e. The molecule has 6 heteroatoms. The molecule has 2 heterocycles. The molecule has 1 amide bonds. The number of aromatic nitrogens is 2.